The van der Waals surface area contributed by atoms with Crippen LogP contribution in [-0.4, -0.2) is 65.1 Å². The van der Waals surface area contributed by atoms with Gasteiger partial charge in [-0.25, -0.2) is 5.01 Å². The Kier molecular flexibility index (Phi) is 10.9. The lowest BCUT2D eigenvalue weighted by molar-refractivity contribution is -0.136. The molecule has 0 aromatic heterocycles. The van der Waals surface area contributed by atoms with Gasteiger partial charge in [0.2, 0.25) is 0 Å². The van der Waals surface area contributed by atoms with Crippen molar-refractivity contribution in [2.45, 2.75) is 126 Å². The molecule has 2 aliphatic carbocycles. The zero-order valence-electron chi connectivity index (χ0n) is 24.6. The van der Waals surface area contributed by atoms with Crippen LogP contribution in [0.25, 0.3) is 0 Å². The smallest absolute Gasteiger partial charge is 0.260 e. The zero-order chi connectivity index (χ0) is 27.0. The van der Waals surface area contributed by atoms with Crippen LogP contribution in [0.15, 0.2) is 24.3 Å². The SMILES string of the molecule is Cc1ccc(OCC(=O)N(CC2CCC(C3CCCCCC3)S2)C2CNN(C)C2C2CCCCCCC2)cc1. The first-order valence-corrected chi connectivity index (χ1v) is 17.1. The molecule has 2 saturated carbocycles. The van der Waals surface area contributed by atoms with E-state index in [9.17, 15) is 4.79 Å². The van der Waals surface area contributed by atoms with E-state index in [1.807, 2.05) is 12.1 Å². The molecule has 1 N–H and O–H groups in total. The number of rotatable bonds is 8. The van der Waals surface area contributed by atoms with E-state index in [1.54, 1.807) is 0 Å². The molecule has 1 aromatic rings. The molecule has 4 atom stereocenters. The molecule has 2 heterocycles. The van der Waals surface area contributed by atoms with Crippen molar-refractivity contribution in [3.05, 3.63) is 29.8 Å². The molecular weight excluding hydrogens is 502 g/mol. The van der Waals surface area contributed by atoms with Gasteiger partial charge in [-0.15, -0.1) is 0 Å². The lowest BCUT2D eigenvalue weighted by atomic mass is 9.82. The maximum absolute atomic E-state index is 14.0. The van der Waals surface area contributed by atoms with Crippen molar-refractivity contribution in [3.8, 4) is 5.75 Å². The average Bonchev–Trinajstić information content (AvgIpc) is 3.44. The van der Waals surface area contributed by atoms with Gasteiger partial charge >= 0.3 is 0 Å². The minimum absolute atomic E-state index is 0.129. The summed E-state index contributed by atoms with van der Waals surface area (Å²) in [6.45, 7) is 3.94. The number of carbonyl (C=O) groups excluding carboxylic acids is 1. The van der Waals surface area contributed by atoms with Gasteiger partial charge in [0.05, 0.1) is 6.04 Å². The Labute approximate surface area is 242 Å². The molecule has 218 valence electrons. The van der Waals surface area contributed by atoms with Crippen LogP contribution in [0.3, 0.4) is 0 Å². The molecular formula is C33H53N3O2S. The van der Waals surface area contributed by atoms with Crippen molar-refractivity contribution in [2.24, 2.45) is 11.8 Å². The van der Waals surface area contributed by atoms with Crippen LogP contribution in [0.1, 0.15) is 102 Å². The highest BCUT2D eigenvalue weighted by atomic mass is 32.2. The minimum atomic E-state index is 0.129. The molecule has 39 heavy (non-hydrogen) atoms. The highest BCUT2D eigenvalue weighted by Gasteiger charge is 2.44. The molecule has 2 aliphatic heterocycles. The summed E-state index contributed by atoms with van der Waals surface area (Å²) in [5.41, 5.74) is 4.86. The second kappa shape index (κ2) is 14.6. The van der Waals surface area contributed by atoms with Gasteiger partial charge in [-0.2, -0.15) is 11.8 Å². The van der Waals surface area contributed by atoms with E-state index in [4.69, 9.17) is 4.74 Å². The number of hydrogen-bond acceptors (Lipinski definition) is 5. The summed E-state index contributed by atoms with van der Waals surface area (Å²) in [6, 6.07) is 8.68. The highest BCUT2D eigenvalue weighted by Crippen LogP contribution is 2.43. The van der Waals surface area contributed by atoms with E-state index >= 15 is 0 Å². The van der Waals surface area contributed by atoms with Crippen LogP contribution in [0.4, 0.5) is 0 Å². The fraction of sp³-hybridized carbons (Fsp3) is 0.788. The van der Waals surface area contributed by atoms with E-state index in [0.29, 0.717) is 17.2 Å². The maximum Gasteiger partial charge on any atom is 0.260 e. The number of hydrazine groups is 1. The summed E-state index contributed by atoms with van der Waals surface area (Å²) >= 11 is 2.22. The summed E-state index contributed by atoms with van der Waals surface area (Å²) in [6.07, 6.45) is 20.4. The standard InChI is InChI=1S/C33H53N3O2S/c1-25-16-18-28(19-17-25)38-24-32(37)36(23-29-20-21-31(39-29)26-12-8-6-7-9-13-26)30-22-34-35(2)33(30)27-14-10-4-3-5-11-15-27/h16-19,26-27,29-31,33-34H,3-15,20-24H2,1-2H3. The largest absolute Gasteiger partial charge is 0.484 e. The highest BCUT2D eigenvalue weighted by molar-refractivity contribution is 8.00. The molecule has 5 nitrogen and oxygen atoms in total. The summed E-state index contributed by atoms with van der Waals surface area (Å²) in [4.78, 5) is 16.3. The Morgan fingerprint density at radius 3 is 2.18 bits per heavy atom. The van der Waals surface area contributed by atoms with Gasteiger partial charge in [0.25, 0.3) is 5.91 Å². The maximum atomic E-state index is 14.0. The van der Waals surface area contributed by atoms with Crippen LogP contribution in [0.2, 0.25) is 0 Å². The van der Waals surface area contributed by atoms with Gasteiger partial charge in [-0.1, -0.05) is 75.5 Å². The average molecular weight is 556 g/mol. The summed E-state index contributed by atoms with van der Waals surface area (Å²) in [5, 5.41) is 3.69. The number of benzene rings is 1. The molecule has 2 saturated heterocycles. The number of carbonyl (C=O) groups is 1. The number of hydrogen-bond donors (Lipinski definition) is 1. The summed E-state index contributed by atoms with van der Waals surface area (Å²) in [5.74, 6) is 2.49. The van der Waals surface area contributed by atoms with Crippen molar-refractivity contribution >= 4 is 17.7 Å². The predicted octanol–water partition coefficient (Wildman–Crippen LogP) is 6.98. The van der Waals surface area contributed by atoms with Crippen LogP contribution < -0.4 is 10.2 Å². The molecule has 0 bridgehead atoms. The molecule has 4 aliphatic rings. The Morgan fingerprint density at radius 1 is 0.897 bits per heavy atom. The van der Waals surface area contributed by atoms with Gasteiger partial charge in [0.15, 0.2) is 6.61 Å². The monoisotopic (exact) mass is 555 g/mol. The molecule has 5 rings (SSSR count). The summed E-state index contributed by atoms with van der Waals surface area (Å²) in [7, 11) is 2.21. The third kappa shape index (κ3) is 7.95. The number of nitrogens with zero attached hydrogens (tertiary/aromatic N) is 2. The Morgan fingerprint density at radius 2 is 1.51 bits per heavy atom. The quantitative estimate of drug-likeness (QED) is 0.351. The van der Waals surface area contributed by atoms with E-state index in [2.05, 4.69) is 53.2 Å². The molecule has 1 aromatic carbocycles. The van der Waals surface area contributed by atoms with E-state index in [0.717, 1.165) is 30.0 Å². The van der Waals surface area contributed by atoms with Gasteiger partial charge < -0.3 is 9.64 Å². The van der Waals surface area contributed by atoms with Crippen molar-refractivity contribution in [1.82, 2.24) is 15.3 Å². The fourth-order valence-corrected chi connectivity index (χ4v) is 9.66. The predicted molar refractivity (Wildman–Crippen MR) is 163 cm³/mol. The molecule has 6 heteroatoms. The van der Waals surface area contributed by atoms with E-state index < -0.39 is 0 Å². The number of likely N-dealkylation sites (N-methyl/N-ethyl adjacent to an activating group) is 1. The van der Waals surface area contributed by atoms with Crippen LogP contribution in [0.5, 0.6) is 5.75 Å². The number of amides is 1. The van der Waals surface area contributed by atoms with Gasteiger partial charge in [0.1, 0.15) is 5.75 Å². The van der Waals surface area contributed by atoms with E-state index in [-0.39, 0.29) is 18.6 Å². The fourth-order valence-electron chi connectivity index (χ4n) is 7.88. The van der Waals surface area contributed by atoms with Gasteiger partial charge in [-0.05, 0) is 69.4 Å². The Bertz CT molecular complexity index is 879. The van der Waals surface area contributed by atoms with Crippen molar-refractivity contribution < 1.29 is 9.53 Å². The molecule has 0 spiro atoms. The lowest BCUT2D eigenvalue weighted by Gasteiger charge is -2.39. The molecule has 0 radical (unpaired) electrons. The Balaban J connectivity index is 1.29. The normalized spacial score (nSPS) is 30.0. The number of thioether (sulfide) groups is 1. The summed E-state index contributed by atoms with van der Waals surface area (Å²) < 4.78 is 6.07. The molecule has 4 unspecified atom stereocenters. The van der Waals surface area contributed by atoms with Gasteiger partial charge in [-0.3, -0.25) is 10.2 Å². The van der Waals surface area contributed by atoms with Gasteiger partial charge in [0, 0.05) is 36.7 Å². The van der Waals surface area contributed by atoms with Crippen molar-refractivity contribution in [2.75, 3.05) is 26.7 Å². The Hall–Kier alpha value is -1.24. The number of aryl methyl sites for hydroxylation is 1. The third-order valence-corrected chi connectivity index (χ3v) is 11.8. The molecule has 4 fully saturated rings. The first kappa shape index (κ1) is 29.3. The second-order valence-electron chi connectivity index (χ2n) is 12.9. The van der Waals surface area contributed by atoms with Crippen molar-refractivity contribution in [3.63, 3.8) is 0 Å². The molecule has 1 amide bonds. The first-order valence-electron chi connectivity index (χ1n) is 16.2. The van der Waals surface area contributed by atoms with Crippen LogP contribution >= 0.6 is 11.8 Å². The second-order valence-corrected chi connectivity index (χ2v) is 14.5. The topological polar surface area (TPSA) is 44.8 Å². The third-order valence-electron chi connectivity index (χ3n) is 10.1. The van der Waals surface area contributed by atoms with Crippen LogP contribution in [-0.2, 0) is 4.79 Å². The number of nitrogens with one attached hydrogen (secondary N) is 1. The van der Waals surface area contributed by atoms with Crippen LogP contribution in [0, 0.1) is 18.8 Å². The number of ether oxygens (including phenoxy) is 1. The zero-order valence-corrected chi connectivity index (χ0v) is 25.4. The van der Waals surface area contributed by atoms with Crippen molar-refractivity contribution in [1.29, 1.82) is 0 Å². The first-order chi connectivity index (χ1) is 19.1. The minimum Gasteiger partial charge on any atom is -0.484 e. The lowest BCUT2D eigenvalue weighted by Crippen LogP contribution is -2.54. The van der Waals surface area contributed by atoms with E-state index in [1.165, 1.54) is 102 Å².